The monoisotopic (exact) mass is 508 g/mol. The van der Waals surface area contributed by atoms with Crippen molar-refractivity contribution in [3.8, 4) is 6.07 Å². The van der Waals surface area contributed by atoms with Gasteiger partial charge in [-0.3, -0.25) is 18.9 Å². The van der Waals surface area contributed by atoms with Gasteiger partial charge in [-0.15, -0.1) is 0 Å². The van der Waals surface area contributed by atoms with E-state index in [9.17, 15) is 27.1 Å². The highest BCUT2D eigenvalue weighted by Crippen LogP contribution is 2.62. The Hall–Kier alpha value is -3.18. The van der Waals surface area contributed by atoms with Gasteiger partial charge in [-0.1, -0.05) is 0 Å². The number of amides is 1. The second kappa shape index (κ2) is 8.49. The predicted octanol–water partition coefficient (Wildman–Crippen LogP) is 3.30. The maximum absolute atomic E-state index is 14.9. The normalized spacial score (nSPS) is 23.8. The first-order chi connectivity index (χ1) is 16.3. The number of anilines is 1. The average molecular weight is 509 g/mol. The first-order valence-electron chi connectivity index (χ1n) is 10.4. The minimum atomic E-state index is -3.31. The number of hydrogen-bond acceptors (Lipinski definition) is 8. The topological polar surface area (TPSA) is 148 Å². The Balaban J connectivity index is 1.67. The molecule has 1 amide bonds. The van der Waals surface area contributed by atoms with Gasteiger partial charge in [-0.05, 0) is 38.2 Å². The number of hydrogen-bond donors (Lipinski definition) is 4. The number of nitriles is 1. The van der Waals surface area contributed by atoms with Crippen LogP contribution in [0.4, 0.5) is 18.9 Å². The number of carbonyl (C=O) groups excluding carboxylic acids is 1. The van der Waals surface area contributed by atoms with Gasteiger partial charge in [0.1, 0.15) is 33.7 Å². The lowest BCUT2D eigenvalue weighted by Gasteiger charge is -2.62. The molecule has 1 fully saturated rings. The molecule has 1 aromatic carbocycles. The number of alkyl halides is 2. The fourth-order valence-corrected chi connectivity index (χ4v) is 7.05. The van der Waals surface area contributed by atoms with Gasteiger partial charge < -0.3 is 16.0 Å². The number of nitrogens with one attached hydrogen (secondary N) is 1. The highest BCUT2D eigenvalue weighted by atomic mass is 32.3. The van der Waals surface area contributed by atoms with Crippen LogP contribution in [0.5, 0.6) is 0 Å². The number of aromatic nitrogens is 1. The van der Waals surface area contributed by atoms with Crippen molar-refractivity contribution in [3.05, 3.63) is 58.7 Å². The van der Waals surface area contributed by atoms with Crippen LogP contribution in [0.3, 0.4) is 0 Å². The van der Waals surface area contributed by atoms with Gasteiger partial charge in [0.25, 0.3) is 12.3 Å². The van der Waals surface area contributed by atoms with Gasteiger partial charge in [-0.25, -0.2) is 18.2 Å². The molecule has 2 aliphatic rings. The molecule has 4 rings (SSSR count). The number of likely N-dealkylation sites (tertiary alicyclic amines) is 1. The van der Waals surface area contributed by atoms with E-state index in [1.54, 1.807) is 13.1 Å². The Morgan fingerprint density at radius 3 is 2.60 bits per heavy atom. The quantitative estimate of drug-likeness (QED) is 0.495. The van der Waals surface area contributed by atoms with E-state index in [0.29, 0.717) is 13.1 Å². The summed E-state index contributed by atoms with van der Waals surface area (Å²) < 4.78 is 62.6. The molecule has 35 heavy (non-hydrogen) atoms. The van der Waals surface area contributed by atoms with Crippen LogP contribution in [-0.2, 0) is 5.54 Å². The van der Waals surface area contributed by atoms with E-state index in [4.69, 9.17) is 11.0 Å². The molecule has 5 N–H and O–H groups in total. The SMILES string of the molecule is CN1CC2(C1)C(N)=N[C@](C)(c1cc(NC(=O)c3ncc(C#N)cc3C(F)F)ccc1F)CS2(O)O. The summed E-state index contributed by atoms with van der Waals surface area (Å²) in [6, 6.07) is 6.08. The zero-order chi connectivity index (χ0) is 25.8. The smallest absolute Gasteiger partial charge is 0.274 e. The number of nitrogens with two attached hydrogens (primary N) is 1. The second-order valence-corrected chi connectivity index (χ2v) is 11.4. The van der Waals surface area contributed by atoms with Gasteiger partial charge >= 0.3 is 0 Å². The molecule has 9 nitrogen and oxygen atoms in total. The van der Waals surface area contributed by atoms with Crippen LogP contribution < -0.4 is 11.1 Å². The summed E-state index contributed by atoms with van der Waals surface area (Å²) in [5.41, 5.74) is 3.29. The van der Waals surface area contributed by atoms with Crippen molar-refractivity contribution >= 4 is 28.0 Å². The third-order valence-corrected chi connectivity index (χ3v) is 8.98. The zero-order valence-corrected chi connectivity index (χ0v) is 19.6. The number of benzene rings is 1. The van der Waals surface area contributed by atoms with Crippen LogP contribution in [0.25, 0.3) is 0 Å². The number of carbonyl (C=O) groups is 1. The molecule has 1 spiro atoms. The van der Waals surface area contributed by atoms with Crippen LogP contribution in [0.2, 0.25) is 0 Å². The fraction of sp³-hybridized carbons (Fsp3) is 0.364. The van der Waals surface area contributed by atoms with Gasteiger partial charge in [-0.2, -0.15) is 15.9 Å². The summed E-state index contributed by atoms with van der Waals surface area (Å²) in [5, 5.41) is 11.3. The molecule has 2 aromatic rings. The van der Waals surface area contributed by atoms with Crippen molar-refractivity contribution in [2.24, 2.45) is 10.7 Å². The Morgan fingerprint density at radius 2 is 2.03 bits per heavy atom. The molecular weight excluding hydrogens is 485 g/mol. The van der Waals surface area contributed by atoms with Crippen molar-refractivity contribution in [2.45, 2.75) is 23.6 Å². The first kappa shape index (κ1) is 24.9. The minimum absolute atomic E-state index is 0.0153. The summed E-state index contributed by atoms with van der Waals surface area (Å²) in [7, 11) is -1.51. The Bertz CT molecular complexity index is 1280. The minimum Gasteiger partial charge on any atom is -0.386 e. The third kappa shape index (κ3) is 4.12. The van der Waals surface area contributed by atoms with Crippen LogP contribution in [0, 0.1) is 17.1 Å². The largest absolute Gasteiger partial charge is 0.386 e. The number of pyridine rings is 1. The molecule has 0 radical (unpaired) electrons. The van der Waals surface area contributed by atoms with Crippen LogP contribution in [0.1, 0.15) is 40.5 Å². The van der Waals surface area contributed by atoms with E-state index in [0.717, 1.165) is 18.3 Å². The molecule has 1 saturated heterocycles. The molecule has 0 saturated carbocycles. The fourth-order valence-electron chi connectivity index (χ4n) is 4.54. The van der Waals surface area contributed by atoms with Crippen molar-refractivity contribution in [3.63, 3.8) is 0 Å². The number of aliphatic imine (C=N–C) groups is 1. The summed E-state index contributed by atoms with van der Waals surface area (Å²) in [6.45, 7) is 2.12. The summed E-state index contributed by atoms with van der Waals surface area (Å²) >= 11 is 0. The van der Waals surface area contributed by atoms with Gasteiger partial charge in [0, 0.05) is 30.5 Å². The van der Waals surface area contributed by atoms with Crippen LogP contribution >= 0.6 is 10.6 Å². The van der Waals surface area contributed by atoms with Crippen LogP contribution in [0.15, 0.2) is 35.5 Å². The predicted molar refractivity (Wildman–Crippen MR) is 125 cm³/mol. The highest BCUT2D eigenvalue weighted by molar-refractivity contribution is 8.26. The molecule has 2 aliphatic heterocycles. The average Bonchev–Trinajstić information content (AvgIpc) is 2.75. The van der Waals surface area contributed by atoms with E-state index >= 15 is 0 Å². The maximum Gasteiger partial charge on any atom is 0.274 e. The summed E-state index contributed by atoms with van der Waals surface area (Å²) in [5.74, 6) is -1.97. The van der Waals surface area contributed by atoms with E-state index in [2.05, 4.69) is 15.3 Å². The van der Waals surface area contributed by atoms with Gasteiger partial charge in [0.15, 0.2) is 0 Å². The zero-order valence-electron chi connectivity index (χ0n) is 18.8. The lowest BCUT2D eigenvalue weighted by Crippen LogP contribution is -2.71. The molecule has 13 heteroatoms. The Kier molecular flexibility index (Phi) is 6.05. The van der Waals surface area contributed by atoms with Crippen molar-refractivity contribution < 1.29 is 27.1 Å². The Morgan fingerprint density at radius 1 is 1.34 bits per heavy atom. The van der Waals surface area contributed by atoms with Gasteiger partial charge in [0.2, 0.25) is 0 Å². The summed E-state index contributed by atoms with van der Waals surface area (Å²) in [6.07, 6.45) is -2.06. The number of rotatable bonds is 4. The highest BCUT2D eigenvalue weighted by Gasteiger charge is 2.59. The first-order valence-corrected chi connectivity index (χ1v) is 12.1. The maximum atomic E-state index is 14.9. The van der Waals surface area contributed by atoms with Crippen molar-refractivity contribution in [2.75, 3.05) is 31.2 Å². The molecule has 1 aromatic heterocycles. The summed E-state index contributed by atoms with van der Waals surface area (Å²) in [4.78, 5) is 22.7. The number of nitrogens with zero attached hydrogens (tertiary/aromatic N) is 4. The molecule has 1 atom stereocenters. The number of halogens is 3. The number of amidine groups is 1. The Labute approximate surface area is 200 Å². The molecule has 3 heterocycles. The van der Waals surface area contributed by atoms with E-state index in [1.807, 2.05) is 4.90 Å². The van der Waals surface area contributed by atoms with E-state index in [1.165, 1.54) is 19.1 Å². The molecule has 0 bridgehead atoms. The molecule has 0 unspecified atom stereocenters. The lowest BCUT2D eigenvalue weighted by molar-refractivity contribution is 0.100. The van der Waals surface area contributed by atoms with E-state index < -0.39 is 50.3 Å². The molecule has 0 aliphatic carbocycles. The van der Waals surface area contributed by atoms with Gasteiger partial charge in [0.05, 0.1) is 16.9 Å². The molecule has 186 valence electrons. The second-order valence-electron chi connectivity index (χ2n) is 8.97. The lowest BCUT2D eigenvalue weighted by atomic mass is 9.91. The van der Waals surface area contributed by atoms with E-state index in [-0.39, 0.29) is 28.4 Å². The van der Waals surface area contributed by atoms with Crippen LogP contribution in [-0.4, -0.2) is 61.4 Å². The van der Waals surface area contributed by atoms with Crippen molar-refractivity contribution in [1.29, 1.82) is 5.26 Å². The van der Waals surface area contributed by atoms with Crippen molar-refractivity contribution in [1.82, 2.24) is 9.88 Å². The standard InChI is InChI=1S/C22H23F3N6O3S/c1-21(11-35(33,34)22(20(27)30-21)9-31(2)10-22)15-6-13(3-4-16(15)23)29-19(32)17-14(18(24)25)5-12(7-26)8-28-17/h3-6,8,18,33-34H,9-11H2,1-2H3,(H2,27,30)(H,29,32)/t21-/m0/s1. The molecular formula is C22H23F3N6O3S. The third-order valence-electron chi connectivity index (χ3n) is 6.29.